The first-order valence-electron chi connectivity index (χ1n) is 10.1. The molecular weight excluding hydrogens is 390 g/mol. The molecule has 1 aliphatic heterocycles. The van der Waals surface area contributed by atoms with Gasteiger partial charge in [-0.3, -0.25) is 18.8 Å². The predicted octanol–water partition coefficient (Wildman–Crippen LogP) is 1.93. The summed E-state index contributed by atoms with van der Waals surface area (Å²) in [6.07, 6.45) is 3.24. The number of amides is 2. The number of nitrogens with one attached hydrogen (secondary N) is 1. The van der Waals surface area contributed by atoms with Gasteiger partial charge in [0.1, 0.15) is 11.3 Å². The lowest BCUT2D eigenvalue weighted by Crippen LogP contribution is -2.31. The largest absolute Gasteiger partial charge is 0.356 e. The molecule has 1 saturated heterocycles. The highest BCUT2D eigenvalue weighted by molar-refractivity contribution is 7.17. The maximum Gasteiger partial charge on any atom is 0.291 e. The van der Waals surface area contributed by atoms with Gasteiger partial charge in [0.15, 0.2) is 0 Å². The lowest BCUT2D eigenvalue weighted by molar-refractivity contribution is -0.127. The van der Waals surface area contributed by atoms with E-state index in [0.29, 0.717) is 44.4 Å². The van der Waals surface area contributed by atoms with E-state index in [-0.39, 0.29) is 17.4 Å². The van der Waals surface area contributed by atoms with Gasteiger partial charge in [0.2, 0.25) is 11.8 Å². The molecule has 154 valence electrons. The second-order valence-electron chi connectivity index (χ2n) is 7.40. The summed E-state index contributed by atoms with van der Waals surface area (Å²) < 4.78 is 4.42. The number of likely N-dealkylation sites (tertiary alicyclic amines) is 1. The van der Waals surface area contributed by atoms with Crippen LogP contribution < -0.4 is 10.9 Å². The van der Waals surface area contributed by atoms with Gasteiger partial charge in [-0.15, -0.1) is 11.3 Å². The Kier molecular flexibility index (Phi) is 5.66. The molecule has 0 aliphatic carbocycles. The zero-order valence-corrected chi connectivity index (χ0v) is 17.3. The van der Waals surface area contributed by atoms with Crippen LogP contribution in [0.1, 0.15) is 37.9 Å². The van der Waals surface area contributed by atoms with E-state index in [4.69, 9.17) is 0 Å². The van der Waals surface area contributed by atoms with Crippen LogP contribution in [-0.2, 0) is 16.1 Å². The summed E-state index contributed by atoms with van der Waals surface area (Å²) in [6, 6.07) is 3.90. The molecule has 4 rings (SSSR count). The van der Waals surface area contributed by atoms with E-state index in [2.05, 4.69) is 10.4 Å². The maximum atomic E-state index is 12.7. The first kappa shape index (κ1) is 19.6. The van der Waals surface area contributed by atoms with Crippen LogP contribution in [0.25, 0.3) is 15.7 Å². The highest BCUT2D eigenvalue weighted by Gasteiger charge is 2.19. The number of hydrogen-bond donors (Lipinski definition) is 1. The minimum Gasteiger partial charge on any atom is -0.356 e. The molecule has 29 heavy (non-hydrogen) atoms. The van der Waals surface area contributed by atoms with Crippen molar-refractivity contribution in [1.29, 1.82) is 0 Å². The Bertz CT molecular complexity index is 1110. The number of fused-ring (bicyclic) bond motifs is 3. The Labute approximate surface area is 172 Å². The van der Waals surface area contributed by atoms with Crippen molar-refractivity contribution in [3.05, 3.63) is 33.7 Å². The maximum absolute atomic E-state index is 12.7. The van der Waals surface area contributed by atoms with E-state index < -0.39 is 0 Å². The zero-order chi connectivity index (χ0) is 20.4. The van der Waals surface area contributed by atoms with Gasteiger partial charge < -0.3 is 10.2 Å². The third kappa shape index (κ3) is 4.05. The fourth-order valence-corrected chi connectivity index (χ4v) is 4.70. The van der Waals surface area contributed by atoms with Gasteiger partial charge in [0, 0.05) is 39.0 Å². The van der Waals surface area contributed by atoms with Gasteiger partial charge in [-0.1, -0.05) is 0 Å². The number of aromatic nitrogens is 3. The Morgan fingerprint density at radius 3 is 2.90 bits per heavy atom. The second-order valence-corrected chi connectivity index (χ2v) is 8.35. The molecule has 1 aliphatic rings. The lowest BCUT2D eigenvalue weighted by atomic mass is 10.3. The smallest absolute Gasteiger partial charge is 0.291 e. The molecule has 0 unspecified atom stereocenters. The summed E-state index contributed by atoms with van der Waals surface area (Å²) in [7, 11) is 0. The van der Waals surface area contributed by atoms with Gasteiger partial charge in [0.05, 0.1) is 10.2 Å². The van der Waals surface area contributed by atoms with Crippen molar-refractivity contribution >= 4 is 38.9 Å². The van der Waals surface area contributed by atoms with Crippen LogP contribution >= 0.6 is 11.3 Å². The second kappa shape index (κ2) is 8.36. The molecule has 1 fully saturated rings. The van der Waals surface area contributed by atoms with E-state index in [9.17, 15) is 14.4 Å². The number of carbonyl (C=O) groups is 2. The predicted molar refractivity (Wildman–Crippen MR) is 112 cm³/mol. The first-order valence-corrected chi connectivity index (χ1v) is 10.9. The summed E-state index contributed by atoms with van der Waals surface area (Å²) in [4.78, 5) is 38.2. The van der Waals surface area contributed by atoms with Crippen LogP contribution in [0, 0.1) is 6.92 Å². The number of thiophene rings is 1. The monoisotopic (exact) mass is 415 g/mol. The molecule has 0 spiro atoms. The molecule has 9 heteroatoms. The van der Waals surface area contributed by atoms with Crippen LogP contribution in [0.2, 0.25) is 0 Å². The summed E-state index contributed by atoms with van der Waals surface area (Å²) >= 11 is 1.60. The van der Waals surface area contributed by atoms with Gasteiger partial charge in [-0.25, -0.2) is 4.68 Å². The first-order chi connectivity index (χ1) is 14.0. The Hall–Kier alpha value is -2.68. The minimum atomic E-state index is -0.130. The average Bonchev–Trinajstić information content (AvgIpc) is 3.39. The number of nitrogens with zero attached hydrogens (tertiary/aromatic N) is 4. The van der Waals surface area contributed by atoms with Crippen molar-refractivity contribution in [2.75, 3.05) is 19.6 Å². The third-order valence-electron chi connectivity index (χ3n) is 5.34. The van der Waals surface area contributed by atoms with Gasteiger partial charge in [-0.2, -0.15) is 5.10 Å². The summed E-state index contributed by atoms with van der Waals surface area (Å²) in [5, 5.41) is 9.32. The highest BCUT2D eigenvalue weighted by atomic mass is 32.1. The van der Waals surface area contributed by atoms with Gasteiger partial charge >= 0.3 is 0 Å². The average molecular weight is 416 g/mol. The SMILES string of the molecule is Cc1nn(CCCC(=O)NCCCN2CCCC2=O)c(=O)c2cc3sccc3n12. The van der Waals surface area contributed by atoms with Gasteiger partial charge in [0.25, 0.3) is 5.56 Å². The van der Waals surface area contributed by atoms with Crippen molar-refractivity contribution in [2.45, 2.75) is 45.6 Å². The molecule has 0 atom stereocenters. The molecule has 0 saturated carbocycles. The molecular formula is C20H25N5O3S. The van der Waals surface area contributed by atoms with Crippen LogP contribution in [0.4, 0.5) is 0 Å². The standard InChI is InChI=1S/C20H25N5O3S/c1-14-22-24(20(28)16-13-17-15(25(14)16)7-12-29-17)11-2-5-18(26)21-8-4-10-23-9-3-6-19(23)27/h7,12-13H,2-6,8-11H2,1H3,(H,21,26). The Balaban J connectivity index is 1.27. The number of aryl methyl sites for hydroxylation is 2. The molecule has 0 bridgehead atoms. The van der Waals surface area contributed by atoms with Crippen LogP contribution in [0.3, 0.4) is 0 Å². The number of rotatable bonds is 8. The molecule has 4 heterocycles. The number of carbonyl (C=O) groups excluding carboxylic acids is 2. The molecule has 3 aromatic rings. The van der Waals surface area contributed by atoms with Crippen molar-refractivity contribution in [3.63, 3.8) is 0 Å². The van der Waals surface area contributed by atoms with E-state index in [1.807, 2.05) is 33.7 Å². The summed E-state index contributed by atoms with van der Waals surface area (Å²) in [6.45, 7) is 4.39. The van der Waals surface area contributed by atoms with Crippen molar-refractivity contribution < 1.29 is 9.59 Å². The fourth-order valence-electron chi connectivity index (χ4n) is 3.90. The molecule has 8 nitrogen and oxygen atoms in total. The van der Waals surface area contributed by atoms with E-state index in [1.165, 1.54) is 4.68 Å². The van der Waals surface area contributed by atoms with E-state index >= 15 is 0 Å². The molecule has 0 aromatic carbocycles. The summed E-state index contributed by atoms with van der Waals surface area (Å²) in [5.74, 6) is 0.935. The van der Waals surface area contributed by atoms with Crippen LogP contribution in [-0.4, -0.2) is 50.5 Å². The van der Waals surface area contributed by atoms with E-state index in [0.717, 1.165) is 35.4 Å². The molecule has 3 aromatic heterocycles. The Morgan fingerprint density at radius 1 is 1.24 bits per heavy atom. The van der Waals surface area contributed by atoms with Crippen molar-refractivity contribution in [3.8, 4) is 0 Å². The Morgan fingerprint density at radius 2 is 2.10 bits per heavy atom. The normalized spacial score (nSPS) is 14.4. The zero-order valence-electron chi connectivity index (χ0n) is 16.5. The van der Waals surface area contributed by atoms with Crippen LogP contribution in [0.5, 0.6) is 0 Å². The minimum absolute atomic E-state index is 0.0354. The van der Waals surface area contributed by atoms with Crippen molar-refractivity contribution in [1.82, 2.24) is 24.4 Å². The third-order valence-corrected chi connectivity index (χ3v) is 6.19. The van der Waals surface area contributed by atoms with Crippen molar-refractivity contribution in [2.24, 2.45) is 0 Å². The fraction of sp³-hybridized carbons (Fsp3) is 0.500. The van der Waals surface area contributed by atoms with Gasteiger partial charge in [-0.05, 0) is 43.7 Å². The van der Waals surface area contributed by atoms with E-state index in [1.54, 1.807) is 11.3 Å². The molecule has 1 N–H and O–H groups in total. The number of hydrogen-bond acceptors (Lipinski definition) is 5. The topological polar surface area (TPSA) is 88.7 Å². The summed E-state index contributed by atoms with van der Waals surface area (Å²) in [5.41, 5.74) is 1.50. The quantitative estimate of drug-likeness (QED) is 0.570. The molecule has 0 radical (unpaired) electrons. The lowest BCUT2D eigenvalue weighted by Gasteiger charge is -2.15. The van der Waals surface area contributed by atoms with Crippen LogP contribution in [0.15, 0.2) is 22.3 Å². The molecule has 2 amide bonds. The highest BCUT2D eigenvalue weighted by Crippen LogP contribution is 2.24.